The van der Waals surface area contributed by atoms with Crippen LogP contribution >= 0.6 is 22.9 Å². The van der Waals surface area contributed by atoms with E-state index in [-0.39, 0.29) is 5.21 Å². The van der Waals surface area contributed by atoms with Crippen molar-refractivity contribution in [3.8, 4) is 0 Å². The van der Waals surface area contributed by atoms with Crippen LogP contribution in [0.4, 0.5) is 0 Å². The highest BCUT2D eigenvalue weighted by Crippen LogP contribution is 2.16. The lowest BCUT2D eigenvalue weighted by Crippen LogP contribution is -2.23. The van der Waals surface area contributed by atoms with Crippen LogP contribution in [0.25, 0.3) is 0 Å². The molecule has 0 bridgehead atoms. The summed E-state index contributed by atoms with van der Waals surface area (Å²) in [5, 5.41) is -0.390. The first-order valence-electron chi connectivity index (χ1n) is 4.18. The summed E-state index contributed by atoms with van der Waals surface area (Å²) < 4.78 is 24.4. The van der Waals surface area contributed by atoms with E-state index in [1.165, 1.54) is 4.88 Å². The van der Waals surface area contributed by atoms with Crippen molar-refractivity contribution in [2.75, 3.05) is 5.21 Å². The number of hydrogen-bond donors (Lipinski definition) is 1. The minimum absolute atomic E-state index is 0.333. The van der Waals surface area contributed by atoms with Gasteiger partial charge in [0.1, 0.15) is 5.21 Å². The van der Waals surface area contributed by atoms with Gasteiger partial charge in [-0.25, -0.2) is 13.1 Å². The third-order valence-corrected chi connectivity index (χ3v) is 4.64. The van der Waals surface area contributed by atoms with Crippen molar-refractivity contribution in [2.24, 2.45) is 0 Å². The predicted octanol–water partition coefficient (Wildman–Crippen LogP) is 1.93. The first-order valence-corrected chi connectivity index (χ1v) is 7.18. The molecule has 1 heterocycles. The fourth-order valence-electron chi connectivity index (χ4n) is 0.927. The van der Waals surface area contributed by atoms with E-state index in [4.69, 9.17) is 11.6 Å². The zero-order chi connectivity index (χ0) is 10.6. The van der Waals surface area contributed by atoms with Crippen LogP contribution in [0, 0.1) is 0 Å². The van der Waals surface area contributed by atoms with Crippen molar-refractivity contribution >= 4 is 33.0 Å². The molecule has 1 aromatic heterocycles. The molecule has 0 aliphatic carbocycles. The van der Waals surface area contributed by atoms with E-state index in [1.807, 2.05) is 12.1 Å². The number of halogens is 1. The molecule has 0 atom stereocenters. The zero-order valence-electron chi connectivity index (χ0n) is 7.79. The number of rotatable bonds is 5. The van der Waals surface area contributed by atoms with E-state index in [1.54, 1.807) is 11.3 Å². The van der Waals surface area contributed by atoms with Crippen molar-refractivity contribution in [3.63, 3.8) is 0 Å². The van der Waals surface area contributed by atoms with Crippen LogP contribution in [0.15, 0.2) is 12.1 Å². The summed E-state index contributed by atoms with van der Waals surface area (Å²) in [5.74, 6) is 0. The Balaban J connectivity index is 2.54. The quantitative estimate of drug-likeness (QED) is 0.815. The summed E-state index contributed by atoms with van der Waals surface area (Å²) in [6.45, 7) is 2.40. The number of hydrogen-bond acceptors (Lipinski definition) is 3. The van der Waals surface area contributed by atoms with E-state index in [2.05, 4.69) is 11.6 Å². The first-order chi connectivity index (χ1) is 6.57. The largest absolute Gasteiger partial charge is 0.225 e. The van der Waals surface area contributed by atoms with Gasteiger partial charge in [0, 0.05) is 16.3 Å². The number of alkyl halides is 1. The molecular weight excluding hydrogens is 242 g/mol. The van der Waals surface area contributed by atoms with E-state index in [0.29, 0.717) is 6.54 Å². The fourth-order valence-corrected chi connectivity index (χ4v) is 2.60. The van der Waals surface area contributed by atoms with Gasteiger partial charge < -0.3 is 0 Å². The van der Waals surface area contributed by atoms with Crippen molar-refractivity contribution in [1.29, 1.82) is 0 Å². The third kappa shape index (κ3) is 3.57. The maximum Gasteiger partial charge on any atom is 0.225 e. The summed E-state index contributed by atoms with van der Waals surface area (Å²) in [6.07, 6.45) is 0.979. The Hall–Kier alpha value is -0.100. The summed E-state index contributed by atoms with van der Waals surface area (Å²) in [4.78, 5) is 2.26. The molecule has 0 amide bonds. The smallest absolute Gasteiger partial charge is 0.211 e. The Morgan fingerprint density at radius 1 is 1.43 bits per heavy atom. The summed E-state index contributed by atoms with van der Waals surface area (Å²) in [5.41, 5.74) is 0. The Labute approximate surface area is 93.1 Å². The minimum Gasteiger partial charge on any atom is -0.211 e. The van der Waals surface area contributed by atoms with Gasteiger partial charge in [-0.1, -0.05) is 6.92 Å². The second-order valence-electron chi connectivity index (χ2n) is 2.77. The molecule has 14 heavy (non-hydrogen) atoms. The monoisotopic (exact) mass is 253 g/mol. The van der Waals surface area contributed by atoms with Crippen LogP contribution in [0.1, 0.15) is 16.7 Å². The lowest BCUT2D eigenvalue weighted by Gasteiger charge is -2.00. The molecule has 0 unspecified atom stereocenters. The predicted molar refractivity (Wildman–Crippen MR) is 60.2 cm³/mol. The molecule has 0 spiro atoms. The maximum absolute atomic E-state index is 11.0. The van der Waals surface area contributed by atoms with E-state index in [0.717, 1.165) is 11.3 Å². The van der Waals surface area contributed by atoms with Crippen LogP contribution in [0.5, 0.6) is 0 Å². The molecule has 0 aliphatic heterocycles. The molecule has 1 aromatic rings. The fraction of sp³-hybridized carbons (Fsp3) is 0.500. The lowest BCUT2D eigenvalue weighted by atomic mass is 10.4. The number of thiophene rings is 1. The molecule has 1 N–H and O–H groups in total. The van der Waals surface area contributed by atoms with Crippen molar-refractivity contribution in [3.05, 3.63) is 21.9 Å². The van der Waals surface area contributed by atoms with Crippen molar-refractivity contribution in [1.82, 2.24) is 4.72 Å². The normalized spacial score (nSPS) is 11.9. The molecule has 3 nitrogen and oxygen atoms in total. The van der Waals surface area contributed by atoms with Crippen molar-refractivity contribution in [2.45, 2.75) is 19.9 Å². The minimum atomic E-state index is -3.29. The van der Waals surface area contributed by atoms with Crippen LogP contribution in [0.3, 0.4) is 0 Å². The van der Waals surface area contributed by atoms with Crippen LogP contribution in [-0.2, 0) is 23.0 Å². The van der Waals surface area contributed by atoms with Crippen molar-refractivity contribution < 1.29 is 8.42 Å². The zero-order valence-corrected chi connectivity index (χ0v) is 10.2. The molecular formula is C8H12ClNO2S2. The van der Waals surface area contributed by atoms with E-state index < -0.39 is 10.0 Å². The summed E-state index contributed by atoms with van der Waals surface area (Å²) >= 11 is 6.86. The summed E-state index contributed by atoms with van der Waals surface area (Å²) in [6, 6.07) is 3.94. The molecule has 6 heteroatoms. The molecule has 0 radical (unpaired) electrons. The molecule has 1 rings (SSSR count). The SMILES string of the molecule is CCc1ccc(CNS(=O)(=O)CCl)s1. The van der Waals surface area contributed by atoms with Gasteiger partial charge in [0.05, 0.1) is 0 Å². The Kier molecular flexibility index (Phi) is 4.37. The Morgan fingerprint density at radius 3 is 2.57 bits per heavy atom. The van der Waals surface area contributed by atoms with Gasteiger partial charge in [0.15, 0.2) is 0 Å². The van der Waals surface area contributed by atoms with Crippen LogP contribution in [0.2, 0.25) is 0 Å². The average Bonchev–Trinajstić information content (AvgIpc) is 2.63. The number of nitrogens with one attached hydrogen (secondary N) is 1. The molecule has 0 saturated carbocycles. The highest BCUT2D eigenvalue weighted by molar-refractivity contribution is 7.90. The molecule has 0 aromatic carbocycles. The van der Waals surface area contributed by atoms with Gasteiger partial charge in [-0.2, -0.15) is 0 Å². The summed E-state index contributed by atoms with van der Waals surface area (Å²) in [7, 11) is -3.29. The second-order valence-corrected chi connectivity index (χ2v) is 6.41. The van der Waals surface area contributed by atoms with Gasteiger partial charge in [0.2, 0.25) is 10.0 Å². The number of sulfonamides is 1. The van der Waals surface area contributed by atoms with Gasteiger partial charge in [-0.05, 0) is 18.6 Å². The standard InChI is InChI=1S/C8H12ClNO2S2/c1-2-7-3-4-8(13-7)5-10-14(11,12)6-9/h3-4,10H,2,5-6H2,1H3. The second kappa shape index (κ2) is 5.11. The van der Waals surface area contributed by atoms with Gasteiger partial charge in [-0.3, -0.25) is 0 Å². The van der Waals surface area contributed by atoms with Gasteiger partial charge in [0.25, 0.3) is 0 Å². The molecule has 80 valence electrons. The molecule has 0 saturated heterocycles. The topological polar surface area (TPSA) is 46.2 Å². The highest BCUT2D eigenvalue weighted by Gasteiger charge is 2.07. The van der Waals surface area contributed by atoms with Gasteiger partial charge >= 0.3 is 0 Å². The Morgan fingerprint density at radius 2 is 2.07 bits per heavy atom. The number of aryl methyl sites for hydroxylation is 1. The lowest BCUT2D eigenvalue weighted by molar-refractivity contribution is 0.586. The third-order valence-electron chi connectivity index (χ3n) is 1.68. The van der Waals surface area contributed by atoms with E-state index in [9.17, 15) is 8.42 Å². The van der Waals surface area contributed by atoms with Crippen LogP contribution < -0.4 is 4.72 Å². The highest BCUT2D eigenvalue weighted by atomic mass is 35.5. The molecule has 0 fully saturated rings. The first kappa shape index (κ1) is 12.0. The maximum atomic E-state index is 11.0. The average molecular weight is 254 g/mol. The Bertz CT molecular complexity index is 386. The van der Waals surface area contributed by atoms with Gasteiger partial charge in [-0.15, -0.1) is 22.9 Å². The van der Waals surface area contributed by atoms with Crippen LogP contribution in [-0.4, -0.2) is 13.6 Å². The molecule has 0 aliphatic rings. The van der Waals surface area contributed by atoms with E-state index >= 15 is 0 Å².